The standard InChI is InChI=1S/C16H16N6O/c1-20-7-8-21(9-13(20)23)15-14-16(18-10-17-15)22(11-19-14)12-5-3-2-4-6-12/h2-6,10-11H,7-9H2,1H3. The van der Waals surface area contributed by atoms with E-state index in [1.165, 1.54) is 6.33 Å². The molecule has 0 bridgehead atoms. The lowest BCUT2D eigenvalue weighted by Gasteiger charge is -2.32. The summed E-state index contributed by atoms with van der Waals surface area (Å²) in [6.45, 7) is 1.75. The molecule has 1 aromatic carbocycles. The van der Waals surface area contributed by atoms with Gasteiger partial charge in [0.1, 0.15) is 12.7 Å². The van der Waals surface area contributed by atoms with Crippen LogP contribution in [0.4, 0.5) is 5.82 Å². The largest absolute Gasteiger partial charge is 0.344 e. The van der Waals surface area contributed by atoms with Crippen LogP contribution in [-0.2, 0) is 4.79 Å². The number of carbonyl (C=O) groups is 1. The Bertz CT molecular complexity index is 859. The zero-order chi connectivity index (χ0) is 15.8. The van der Waals surface area contributed by atoms with Crippen LogP contribution in [0.2, 0.25) is 0 Å². The second-order valence-corrected chi connectivity index (χ2v) is 5.56. The maximum absolute atomic E-state index is 12.0. The number of para-hydroxylation sites is 1. The predicted molar refractivity (Wildman–Crippen MR) is 86.5 cm³/mol. The van der Waals surface area contributed by atoms with Crippen molar-refractivity contribution in [2.75, 3.05) is 31.6 Å². The van der Waals surface area contributed by atoms with Crippen molar-refractivity contribution >= 4 is 22.9 Å². The predicted octanol–water partition coefficient (Wildman–Crippen LogP) is 1.09. The highest BCUT2D eigenvalue weighted by Crippen LogP contribution is 2.24. The van der Waals surface area contributed by atoms with Crippen molar-refractivity contribution in [3.63, 3.8) is 0 Å². The number of imidazole rings is 1. The summed E-state index contributed by atoms with van der Waals surface area (Å²) in [6, 6.07) is 9.92. The molecule has 7 nitrogen and oxygen atoms in total. The lowest BCUT2D eigenvalue weighted by atomic mass is 10.3. The minimum absolute atomic E-state index is 0.0884. The average Bonchev–Trinajstić information content (AvgIpc) is 3.02. The van der Waals surface area contributed by atoms with E-state index >= 15 is 0 Å². The van der Waals surface area contributed by atoms with Gasteiger partial charge in [-0.3, -0.25) is 9.36 Å². The third kappa shape index (κ3) is 2.30. The van der Waals surface area contributed by atoms with Gasteiger partial charge in [0.05, 0.1) is 6.54 Å². The van der Waals surface area contributed by atoms with Crippen molar-refractivity contribution in [3.05, 3.63) is 43.0 Å². The van der Waals surface area contributed by atoms with Crippen molar-refractivity contribution in [2.24, 2.45) is 0 Å². The molecule has 7 heteroatoms. The first-order valence-corrected chi connectivity index (χ1v) is 7.46. The molecule has 3 aromatic rings. The Morgan fingerprint density at radius 1 is 1.04 bits per heavy atom. The van der Waals surface area contributed by atoms with E-state index in [4.69, 9.17) is 0 Å². The van der Waals surface area contributed by atoms with Gasteiger partial charge in [0.2, 0.25) is 5.91 Å². The number of benzene rings is 1. The molecule has 1 fully saturated rings. The quantitative estimate of drug-likeness (QED) is 0.709. The van der Waals surface area contributed by atoms with Crippen molar-refractivity contribution < 1.29 is 4.79 Å². The van der Waals surface area contributed by atoms with Crippen LogP contribution in [0.15, 0.2) is 43.0 Å². The number of nitrogens with zero attached hydrogens (tertiary/aromatic N) is 6. The van der Waals surface area contributed by atoms with E-state index in [0.717, 1.165) is 17.9 Å². The van der Waals surface area contributed by atoms with Gasteiger partial charge in [-0.1, -0.05) is 18.2 Å². The van der Waals surface area contributed by atoms with Crippen LogP contribution in [0.3, 0.4) is 0 Å². The third-order valence-corrected chi connectivity index (χ3v) is 4.11. The summed E-state index contributed by atoms with van der Waals surface area (Å²) in [4.78, 5) is 28.9. The number of piperazine rings is 1. The molecule has 1 saturated heterocycles. The van der Waals surface area contributed by atoms with E-state index in [2.05, 4.69) is 15.0 Å². The summed E-state index contributed by atoms with van der Waals surface area (Å²) in [6.07, 6.45) is 3.28. The van der Waals surface area contributed by atoms with Crippen LogP contribution in [0.25, 0.3) is 16.9 Å². The molecule has 1 aliphatic rings. The molecular formula is C16H16N6O. The summed E-state index contributed by atoms with van der Waals surface area (Å²) in [7, 11) is 1.82. The second kappa shape index (κ2) is 5.35. The van der Waals surface area contributed by atoms with Gasteiger partial charge < -0.3 is 9.80 Å². The minimum Gasteiger partial charge on any atom is -0.344 e. The number of fused-ring (bicyclic) bond motifs is 1. The van der Waals surface area contributed by atoms with Gasteiger partial charge in [-0.05, 0) is 12.1 Å². The third-order valence-electron chi connectivity index (χ3n) is 4.11. The van der Waals surface area contributed by atoms with E-state index in [-0.39, 0.29) is 5.91 Å². The topological polar surface area (TPSA) is 67.2 Å². The number of hydrogen-bond acceptors (Lipinski definition) is 5. The molecule has 116 valence electrons. The van der Waals surface area contributed by atoms with Gasteiger partial charge in [0.15, 0.2) is 17.0 Å². The van der Waals surface area contributed by atoms with E-state index in [0.29, 0.717) is 24.4 Å². The van der Waals surface area contributed by atoms with Crippen LogP contribution in [0, 0.1) is 0 Å². The van der Waals surface area contributed by atoms with E-state index in [9.17, 15) is 4.79 Å². The molecule has 3 heterocycles. The summed E-state index contributed by atoms with van der Waals surface area (Å²) < 4.78 is 1.93. The van der Waals surface area contributed by atoms with Crippen LogP contribution in [0.5, 0.6) is 0 Å². The molecule has 0 aliphatic carbocycles. The fraction of sp³-hybridized carbons (Fsp3) is 0.250. The van der Waals surface area contributed by atoms with Gasteiger partial charge >= 0.3 is 0 Å². The fourth-order valence-corrected chi connectivity index (χ4v) is 2.77. The van der Waals surface area contributed by atoms with E-state index < -0.39 is 0 Å². The Labute approximate surface area is 133 Å². The molecule has 1 aliphatic heterocycles. The molecule has 0 unspecified atom stereocenters. The van der Waals surface area contributed by atoms with Crippen molar-refractivity contribution in [3.8, 4) is 5.69 Å². The van der Waals surface area contributed by atoms with Crippen LogP contribution in [0.1, 0.15) is 0 Å². The average molecular weight is 308 g/mol. The Kier molecular flexibility index (Phi) is 3.18. The summed E-state index contributed by atoms with van der Waals surface area (Å²) in [5.74, 6) is 0.802. The summed E-state index contributed by atoms with van der Waals surface area (Å²) >= 11 is 0. The zero-order valence-corrected chi connectivity index (χ0v) is 12.8. The van der Waals surface area contributed by atoms with Crippen LogP contribution in [-0.4, -0.2) is 57.0 Å². The Hall–Kier alpha value is -2.96. The SMILES string of the molecule is CN1CCN(c2ncnc3c2ncn3-c2ccccc2)CC1=O. The first-order valence-electron chi connectivity index (χ1n) is 7.46. The number of amides is 1. The van der Waals surface area contributed by atoms with Crippen molar-refractivity contribution in [1.29, 1.82) is 0 Å². The van der Waals surface area contributed by atoms with E-state index in [1.807, 2.05) is 46.8 Å². The van der Waals surface area contributed by atoms with Gasteiger partial charge in [0, 0.05) is 25.8 Å². The molecule has 1 amide bonds. The normalized spacial score (nSPS) is 15.4. The molecule has 0 saturated carbocycles. The molecule has 0 N–H and O–H groups in total. The molecular weight excluding hydrogens is 292 g/mol. The molecule has 0 atom stereocenters. The smallest absolute Gasteiger partial charge is 0.241 e. The second-order valence-electron chi connectivity index (χ2n) is 5.56. The number of anilines is 1. The van der Waals surface area contributed by atoms with Gasteiger partial charge in [-0.2, -0.15) is 0 Å². The summed E-state index contributed by atoms with van der Waals surface area (Å²) in [5, 5.41) is 0. The van der Waals surface area contributed by atoms with Gasteiger partial charge in [-0.25, -0.2) is 15.0 Å². The summed E-state index contributed by atoms with van der Waals surface area (Å²) in [5.41, 5.74) is 2.45. The molecule has 23 heavy (non-hydrogen) atoms. The van der Waals surface area contributed by atoms with Crippen LogP contribution < -0.4 is 4.90 Å². The molecule has 4 rings (SSSR count). The lowest BCUT2D eigenvalue weighted by Crippen LogP contribution is -2.48. The van der Waals surface area contributed by atoms with Crippen molar-refractivity contribution in [2.45, 2.75) is 0 Å². The first kappa shape index (κ1) is 13.7. The van der Waals surface area contributed by atoms with Gasteiger partial charge in [0.25, 0.3) is 0 Å². The number of aromatic nitrogens is 4. The van der Waals surface area contributed by atoms with E-state index in [1.54, 1.807) is 11.2 Å². The fourth-order valence-electron chi connectivity index (χ4n) is 2.77. The first-order chi connectivity index (χ1) is 11.2. The number of carbonyl (C=O) groups excluding carboxylic acids is 1. The molecule has 2 aromatic heterocycles. The number of likely N-dealkylation sites (N-methyl/N-ethyl adjacent to an activating group) is 1. The van der Waals surface area contributed by atoms with Gasteiger partial charge in [-0.15, -0.1) is 0 Å². The zero-order valence-electron chi connectivity index (χ0n) is 12.8. The number of hydrogen-bond donors (Lipinski definition) is 0. The Morgan fingerprint density at radius 2 is 1.87 bits per heavy atom. The number of rotatable bonds is 2. The Balaban J connectivity index is 1.78. The molecule has 0 spiro atoms. The Morgan fingerprint density at radius 3 is 2.65 bits per heavy atom. The highest BCUT2D eigenvalue weighted by molar-refractivity contribution is 5.89. The maximum atomic E-state index is 12.0. The lowest BCUT2D eigenvalue weighted by molar-refractivity contribution is -0.129. The monoisotopic (exact) mass is 308 g/mol. The highest BCUT2D eigenvalue weighted by atomic mass is 16.2. The highest BCUT2D eigenvalue weighted by Gasteiger charge is 2.24. The molecule has 0 radical (unpaired) electrons. The van der Waals surface area contributed by atoms with Crippen LogP contribution >= 0.6 is 0 Å². The van der Waals surface area contributed by atoms with Crippen molar-refractivity contribution in [1.82, 2.24) is 24.4 Å². The minimum atomic E-state index is 0.0884. The maximum Gasteiger partial charge on any atom is 0.241 e.